The molecule has 0 aliphatic carbocycles. The molecule has 0 saturated carbocycles. The van der Waals surface area contributed by atoms with Gasteiger partial charge in [0.05, 0.1) is 19.1 Å². The van der Waals surface area contributed by atoms with Gasteiger partial charge in [0, 0.05) is 19.8 Å². The summed E-state index contributed by atoms with van der Waals surface area (Å²) in [5.74, 6) is -0.378. The first-order valence-corrected chi connectivity index (χ1v) is 5.65. The number of nitrogens with zero attached hydrogens (tertiary/aromatic N) is 1. The maximum atomic E-state index is 11.2. The van der Waals surface area contributed by atoms with Crippen molar-refractivity contribution in [2.45, 2.75) is 19.4 Å². The normalized spacial score (nSPS) is 12.0. The molecule has 0 aliphatic rings. The van der Waals surface area contributed by atoms with E-state index in [1.807, 2.05) is 43.3 Å². The molecule has 17 heavy (non-hydrogen) atoms. The number of carbonyl (C=O) groups excluding carboxylic acids is 1. The first-order chi connectivity index (χ1) is 8.04. The summed E-state index contributed by atoms with van der Waals surface area (Å²) in [6.45, 7) is 2.08. The second kappa shape index (κ2) is 6.25. The van der Waals surface area contributed by atoms with E-state index >= 15 is 0 Å². The molecule has 0 radical (unpaired) electrons. The van der Waals surface area contributed by atoms with Gasteiger partial charge in [0.1, 0.15) is 0 Å². The molecular formula is C13H19NO3. The third-order valence-electron chi connectivity index (χ3n) is 2.46. The summed E-state index contributed by atoms with van der Waals surface area (Å²) >= 11 is 0. The minimum Gasteiger partial charge on any atom is -0.466 e. The van der Waals surface area contributed by atoms with Crippen LogP contribution in [0.15, 0.2) is 24.3 Å². The molecule has 0 aromatic heterocycles. The van der Waals surface area contributed by atoms with Gasteiger partial charge >= 0.3 is 5.97 Å². The molecule has 0 saturated heterocycles. The minimum atomic E-state index is -0.801. The third kappa shape index (κ3) is 4.07. The molecule has 1 rings (SSSR count). The van der Waals surface area contributed by atoms with Crippen LogP contribution >= 0.6 is 0 Å². The van der Waals surface area contributed by atoms with Crippen LogP contribution in [0, 0.1) is 0 Å². The van der Waals surface area contributed by atoms with Crippen molar-refractivity contribution in [2.24, 2.45) is 0 Å². The number of rotatable bonds is 5. The largest absolute Gasteiger partial charge is 0.466 e. The summed E-state index contributed by atoms with van der Waals surface area (Å²) < 4.78 is 4.79. The average Bonchev–Trinajstić information content (AvgIpc) is 2.29. The average molecular weight is 237 g/mol. The Kier molecular flexibility index (Phi) is 4.97. The van der Waals surface area contributed by atoms with E-state index in [1.165, 1.54) is 0 Å². The number of benzene rings is 1. The maximum Gasteiger partial charge on any atom is 0.308 e. The van der Waals surface area contributed by atoms with Gasteiger partial charge in [-0.1, -0.05) is 12.1 Å². The predicted molar refractivity (Wildman–Crippen MR) is 67.0 cm³/mol. The molecule has 0 amide bonds. The highest BCUT2D eigenvalue weighted by molar-refractivity contribution is 5.70. The molecule has 4 nitrogen and oxygen atoms in total. The van der Waals surface area contributed by atoms with Crippen molar-refractivity contribution in [1.29, 1.82) is 0 Å². The van der Waals surface area contributed by atoms with Crippen molar-refractivity contribution in [3.63, 3.8) is 0 Å². The topological polar surface area (TPSA) is 49.8 Å². The molecule has 1 atom stereocenters. The van der Waals surface area contributed by atoms with Gasteiger partial charge in [-0.05, 0) is 24.6 Å². The van der Waals surface area contributed by atoms with Gasteiger partial charge in [0.15, 0.2) is 0 Å². The Morgan fingerprint density at radius 2 is 1.94 bits per heavy atom. The van der Waals surface area contributed by atoms with Crippen molar-refractivity contribution in [3.05, 3.63) is 29.8 Å². The lowest BCUT2D eigenvalue weighted by Gasteiger charge is -2.14. The van der Waals surface area contributed by atoms with Gasteiger partial charge < -0.3 is 14.7 Å². The number of hydrogen-bond acceptors (Lipinski definition) is 4. The molecule has 1 aromatic carbocycles. The number of ether oxygens (including phenoxy) is 1. The first-order valence-electron chi connectivity index (χ1n) is 5.65. The van der Waals surface area contributed by atoms with Crippen LogP contribution in [0.2, 0.25) is 0 Å². The van der Waals surface area contributed by atoms with Crippen LogP contribution in [-0.4, -0.2) is 31.8 Å². The highest BCUT2D eigenvalue weighted by Gasteiger charge is 2.13. The Bertz CT molecular complexity index is 359. The Hall–Kier alpha value is -1.55. The fourth-order valence-electron chi connectivity index (χ4n) is 1.49. The quantitative estimate of drug-likeness (QED) is 0.792. The molecule has 94 valence electrons. The Morgan fingerprint density at radius 1 is 1.35 bits per heavy atom. The van der Waals surface area contributed by atoms with Crippen LogP contribution in [0.25, 0.3) is 0 Å². The number of anilines is 1. The lowest BCUT2D eigenvalue weighted by molar-refractivity contribution is -0.145. The smallest absolute Gasteiger partial charge is 0.308 e. The SMILES string of the molecule is CCOC(=O)CC(O)c1ccc(N(C)C)cc1. The van der Waals surface area contributed by atoms with Crippen LogP contribution in [0.4, 0.5) is 5.69 Å². The zero-order valence-corrected chi connectivity index (χ0v) is 10.5. The van der Waals surface area contributed by atoms with Crippen molar-refractivity contribution in [1.82, 2.24) is 0 Å². The van der Waals surface area contributed by atoms with Crippen molar-refractivity contribution >= 4 is 11.7 Å². The monoisotopic (exact) mass is 237 g/mol. The molecule has 0 heterocycles. The number of aliphatic hydroxyl groups is 1. The van der Waals surface area contributed by atoms with E-state index in [0.29, 0.717) is 6.61 Å². The molecule has 0 spiro atoms. The summed E-state index contributed by atoms with van der Waals surface area (Å²) in [5, 5.41) is 9.83. The van der Waals surface area contributed by atoms with Crippen LogP contribution in [0.5, 0.6) is 0 Å². The molecule has 4 heteroatoms. The molecule has 1 aromatic rings. The van der Waals surface area contributed by atoms with Crippen LogP contribution in [0.1, 0.15) is 25.0 Å². The highest BCUT2D eigenvalue weighted by atomic mass is 16.5. The van der Waals surface area contributed by atoms with Crippen molar-refractivity contribution < 1.29 is 14.6 Å². The van der Waals surface area contributed by atoms with E-state index in [0.717, 1.165) is 11.3 Å². The lowest BCUT2D eigenvalue weighted by atomic mass is 10.1. The van der Waals surface area contributed by atoms with Crippen molar-refractivity contribution in [2.75, 3.05) is 25.6 Å². The fraction of sp³-hybridized carbons (Fsp3) is 0.462. The Morgan fingerprint density at radius 3 is 2.41 bits per heavy atom. The standard InChI is InChI=1S/C13H19NO3/c1-4-17-13(16)9-12(15)10-5-7-11(8-6-10)14(2)3/h5-8,12,15H,4,9H2,1-3H3. The van der Waals surface area contributed by atoms with Crippen molar-refractivity contribution in [3.8, 4) is 0 Å². The lowest BCUT2D eigenvalue weighted by Crippen LogP contribution is -2.11. The number of esters is 1. The van der Waals surface area contributed by atoms with Gasteiger partial charge in [-0.15, -0.1) is 0 Å². The highest BCUT2D eigenvalue weighted by Crippen LogP contribution is 2.20. The fourth-order valence-corrected chi connectivity index (χ4v) is 1.49. The summed E-state index contributed by atoms with van der Waals surface area (Å²) in [6, 6.07) is 7.45. The summed E-state index contributed by atoms with van der Waals surface area (Å²) in [6.07, 6.45) is -0.805. The third-order valence-corrected chi connectivity index (χ3v) is 2.46. The molecule has 0 aliphatic heterocycles. The second-order valence-electron chi connectivity index (χ2n) is 4.01. The van der Waals surface area contributed by atoms with E-state index in [4.69, 9.17) is 4.74 Å². The predicted octanol–water partition coefficient (Wildman–Crippen LogP) is 1.74. The number of aliphatic hydroxyl groups excluding tert-OH is 1. The summed E-state index contributed by atoms with van der Waals surface area (Å²) in [4.78, 5) is 13.2. The maximum absolute atomic E-state index is 11.2. The first kappa shape index (κ1) is 13.5. The van der Waals surface area contributed by atoms with Gasteiger partial charge in [-0.25, -0.2) is 0 Å². The van der Waals surface area contributed by atoms with Crippen LogP contribution < -0.4 is 4.90 Å². The molecular weight excluding hydrogens is 218 g/mol. The van der Waals surface area contributed by atoms with Gasteiger partial charge in [0.25, 0.3) is 0 Å². The van der Waals surface area contributed by atoms with E-state index in [1.54, 1.807) is 6.92 Å². The zero-order valence-electron chi connectivity index (χ0n) is 10.5. The van der Waals surface area contributed by atoms with Crippen LogP contribution in [-0.2, 0) is 9.53 Å². The molecule has 1 N–H and O–H groups in total. The zero-order chi connectivity index (χ0) is 12.8. The Balaban J connectivity index is 2.63. The van der Waals surface area contributed by atoms with Gasteiger partial charge in [-0.3, -0.25) is 4.79 Å². The molecule has 0 fully saturated rings. The van der Waals surface area contributed by atoms with Gasteiger partial charge in [-0.2, -0.15) is 0 Å². The number of hydrogen-bond donors (Lipinski definition) is 1. The van der Waals surface area contributed by atoms with E-state index < -0.39 is 6.10 Å². The summed E-state index contributed by atoms with van der Waals surface area (Å²) in [7, 11) is 3.90. The van der Waals surface area contributed by atoms with Gasteiger partial charge in [0.2, 0.25) is 0 Å². The Labute approximate surface area is 102 Å². The number of carbonyl (C=O) groups is 1. The van der Waals surface area contributed by atoms with E-state index in [2.05, 4.69) is 0 Å². The summed E-state index contributed by atoms with van der Waals surface area (Å²) in [5.41, 5.74) is 1.78. The van der Waals surface area contributed by atoms with E-state index in [-0.39, 0.29) is 12.4 Å². The van der Waals surface area contributed by atoms with E-state index in [9.17, 15) is 9.90 Å². The minimum absolute atomic E-state index is 0.00481. The van der Waals surface area contributed by atoms with Crippen LogP contribution in [0.3, 0.4) is 0 Å². The second-order valence-corrected chi connectivity index (χ2v) is 4.01. The molecule has 1 unspecified atom stereocenters. The molecule has 0 bridgehead atoms.